The molecule has 21 heavy (non-hydrogen) atoms. The molecule has 5 heteroatoms. The van der Waals surface area contributed by atoms with Gasteiger partial charge < -0.3 is 4.90 Å². The number of aromatic nitrogens is 1. The van der Waals surface area contributed by atoms with E-state index in [0.29, 0.717) is 6.04 Å². The van der Waals surface area contributed by atoms with Crippen LogP contribution in [0.5, 0.6) is 0 Å². The predicted octanol–water partition coefficient (Wildman–Crippen LogP) is 3.14. The lowest BCUT2D eigenvalue weighted by Gasteiger charge is -2.37. The third kappa shape index (κ3) is 4.27. The van der Waals surface area contributed by atoms with Crippen LogP contribution < -0.4 is 0 Å². The first-order valence-corrected chi connectivity index (χ1v) is 8.90. The maximum atomic E-state index is 12.8. The second-order valence-electron chi connectivity index (χ2n) is 5.93. The third-order valence-corrected chi connectivity index (χ3v) is 5.29. The zero-order valence-corrected chi connectivity index (χ0v) is 14.2. The van der Waals surface area contributed by atoms with Gasteiger partial charge in [-0.2, -0.15) is 0 Å². The Morgan fingerprint density at radius 1 is 1.43 bits per heavy atom. The Hall–Kier alpha value is -0.940. The molecule has 1 aromatic rings. The van der Waals surface area contributed by atoms with E-state index in [0.717, 1.165) is 18.1 Å². The summed E-state index contributed by atoms with van der Waals surface area (Å²) in [7, 11) is 2.01. The van der Waals surface area contributed by atoms with Crippen molar-refractivity contribution in [3.63, 3.8) is 0 Å². The molecule has 0 aliphatic heterocycles. The number of likely N-dealkylation sites (N-methyl/N-ethyl adjacent to an activating group) is 2. The van der Waals surface area contributed by atoms with Gasteiger partial charge in [0.2, 0.25) is 5.91 Å². The van der Waals surface area contributed by atoms with Crippen LogP contribution in [0.15, 0.2) is 11.6 Å². The number of thiazole rings is 1. The molecular weight excluding hydrogens is 282 g/mol. The summed E-state index contributed by atoms with van der Waals surface area (Å²) in [4.78, 5) is 21.3. The van der Waals surface area contributed by atoms with Gasteiger partial charge in [0, 0.05) is 24.2 Å². The molecule has 1 saturated carbocycles. The monoisotopic (exact) mass is 309 g/mol. The molecule has 0 saturated heterocycles. The van der Waals surface area contributed by atoms with Crippen LogP contribution in [0, 0.1) is 0 Å². The van der Waals surface area contributed by atoms with E-state index in [9.17, 15) is 4.79 Å². The highest BCUT2D eigenvalue weighted by atomic mass is 32.1. The average Bonchev–Trinajstić information content (AvgIpc) is 3.01. The van der Waals surface area contributed by atoms with Crippen LogP contribution in [0.4, 0.5) is 0 Å². The molecule has 118 valence electrons. The van der Waals surface area contributed by atoms with Crippen molar-refractivity contribution >= 4 is 17.2 Å². The topological polar surface area (TPSA) is 36.4 Å². The van der Waals surface area contributed by atoms with Crippen LogP contribution in [0.2, 0.25) is 0 Å². The molecule has 1 aliphatic rings. The van der Waals surface area contributed by atoms with Gasteiger partial charge in [-0.3, -0.25) is 9.69 Å². The molecule has 0 bridgehead atoms. The number of carbonyl (C=O) groups is 1. The highest BCUT2D eigenvalue weighted by Gasteiger charge is 2.29. The quantitative estimate of drug-likeness (QED) is 0.810. The van der Waals surface area contributed by atoms with Gasteiger partial charge in [-0.05, 0) is 33.7 Å². The Morgan fingerprint density at radius 3 is 2.71 bits per heavy atom. The number of carbonyl (C=O) groups excluding carboxylic acids is 1. The molecule has 0 N–H and O–H groups in total. The van der Waals surface area contributed by atoms with Gasteiger partial charge in [0.05, 0.1) is 12.6 Å². The van der Waals surface area contributed by atoms with E-state index in [4.69, 9.17) is 0 Å². The van der Waals surface area contributed by atoms with Gasteiger partial charge in [-0.1, -0.05) is 19.3 Å². The number of rotatable bonds is 6. The number of hydrogen-bond donors (Lipinski definition) is 0. The zero-order valence-electron chi connectivity index (χ0n) is 13.4. The van der Waals surface area contributed by atoms with E-state index in [-0.39, 0.29) is 11.9 Å². The van der Waals surface area contributed by atoms with Gasteiger partial charge in [-0.15, -0.1) is 11.3 Å². The van der Waals surface area contributed by atoms with Crippen LogP contribution in [-0.2, 0) is 11.3 Å². The van der Waals surface area contributed by atoms with E-state index in [1.165, 1.54) is 32.1 Å². The maximum absolute atomic E-state index is 12.8. The standard InChI is InChI=1S/C16H27N3OS/c1-4-19(14-8-6-5-7-9-14)16(20)13(2)18(3)12-15-17-10-11-21-15/h10-11,13-14H,4-9,12H2,1-3H3. The van der Waals surface area contributed by atoms with E-state index < -0.39 is 0 Å². The normalized spacial score (nSPS) is 17.9. The van der Waals surface area contributed by atoms with Crippen LogP contribution >= 0.6 is 11.3 Å². The Bertz CT molecular complexity index is 429. The smallest absolute Gasteiger partial charge is 0.239 e. The van der Waals surface area contributed by atoms with Crippen molar-refractivity contribution in [1.82, 2.24) is 14.8 Å². The summed E-state index contributed by atoms with van der Waals surface area (Å²) in [6.45, 7) is 5.67. The molecule has 0 spiro atoms. The summed E-state index contributed by atoms with van der Waals surface area (Å²) in [5, 5.41) is 3.05. The summed E-state index contributed by atoms with van der Waals surface area (Å²) in [6.07, 6.45) is 8.00. The minimum absolute atomic E-state index is 0.0872. The summed E-state index contributed by atoms with van der Waals surface area (Å²) < 4.78 is 0. The summed E-state index contributed by atoms with van der Waals surface area (Å²) in [6, 6.07) is 0.364. The lowest BCUT2D eigenvalue weighted by molar-refractivity contribution is -0.139. The van der Waals surface area contributed by atoms with E-state index in [1.807, 2.05) is 25.5 Å². The molecule has 0 aromatic carbocycles. The first-order chi connectivity index (χ1) is 10.1. The minimum Gasteiger partial charge on any atom is -0.339 e. The number of hydrogen-bond acceptors (Lipinski definition) is 4. The van der Waals surface area contributed by atoms with Gasteiger partial charge >= 0.3 is 0 Å². The zero-order chi connectivity index (χ0) is 15.2. The molecule has 4 nitrogen and oxygen atoms in total. The van der Waals surface area contributed by atoms with Crippen molar-refractivity contribution in [2.45, 2.75) is 64.6 Å². The molecule has 1 heterocycles. The van der Waals surface area contributed by atoms with Crippen LogP contribution in [-0.4, -0.2) is 46.4 Å². The van der Waals surface area contributed by atoms with Crippen molar-refractivity contribution in [2.24, 2.45) is 0 Å². The highest BCUT2D eigenvalue weighted by Crippen LogP contribution is 2.23. The number of amides is 1. The van der Waals surface area contributed by atoms with Gasteiger partial charge in [0.15, 0.2) is 0 Å². The van der Waals surface area contributed by atoms with Crippen LogP contribution in [0.25, 0.3) is 0 Å². The average molecular weight is 309 g/mol. The molecular formula is C16H27N3OS. The molecule has 1 aliphatic carbocycles. The summed E-state index contributed by atoms with van der Waals surface area (Å²) in [5.74, 6) is 0.267. The molecule has 1 amide bonds. The predicted molar refractivity (Wildman–Crippen MR) is 87.3 cm³/mol. The second kappa shape index (κ2) is 7.90. The first kappa shape index (κ1) is 16.4. The fourth-order valence-electron chi connectivity index (χ4n) is 3.10. The van der Waals surface area contributed by atoms with Gasteiger partial charge in [-0.25, -0.2) is 4.98 Å². The SMILES string of the molecule is CCN(C(=O)C(C)N(C)Cc1nccs1)C1CCCCC1. The molecule has 0 radical (unpaired) electrons. The maximum Gasteiger partial charge on any atom is 0.239 e. The Labute approximate surface area is 132 Å². The van der Waals surface area contributed by atoms with Crippen LogP contribution in [0.3, 0.4) is 0 Å². The fraction of sp³-hybridized carbons (Fsp3) is 0.750. The summed E-state index contributed by atoms with van der Waals surface area (Å²) in [5.41, 5.74) is 0. The number of nitrogens with zero attached hydrogens (tertiary/aromatic N) is 3. The molecule has 1 aromatic heterocycles. The van der Waals surface area contributed by atoms with E-state index in [1.54, 1.807) is 11.3 Å². The first-order valence-electron chi connectivity index (χ1n) is 8.02. The van der Waals surface area contributed by atoms with E-state index in [2.05, 4.69) is 21.7 Å². The van der Waals surface area contributed by atoms with Crippen molar-refractivity contribution < 1.29 is 4.79 Å². The van der Waals surface area contributed by atoms with Crippen molar-refractivity contribution in [1.29, 1.82) is 0 Å². The second-order valence-corrected chi connectivity index (χ2v) is 6.91. The minimum atomic E-state index is -0.0872. The fourth-order valence-corrected chi connectivity index (χ4v) is 3.78. The Morgan fingerprint density at radius 2 is 2.14 bits per heavy atom. The van der Waals surface area contributed by atoms with Crippen molar-refractivity contribution in [3.05, 3.63) is 16.6 Å². The summed E-state index contributed by atoms with van der Waals surface area (Å²) >= 11 is 1.64. The molecule has 1 atom stereocenters. The molecule has 2 rings (SSSR count). The van der Waals surface area contributed by atoms with Gasteiger partial charge in [0.25, 0.3) is 0 Å². The van der Waals surface area contributed by atoms with Crippen LogP contribution in [0.1, 0.15) is 51.0 Å². The Balaban J connectivity index is 1.95. The highest BCUT2D eigenvalue weighted by molar-refractivity contribution is 7.09. The largest absolute Gasteiger partial charge is 0.339 e. The lowest BCUT2D eigenvalue weighted by atomic mass is 9.93. The lowest BCUT2D eigenvalue weighted by Crippen LogP contribution is -2.50. The van der Waals surface area contributed by atoms with Crippen molar-refractivity contribution in [3.8, 4) is 0 Å². The van der Waals surface area contributed by atoms with Crippen molar-refractivity contribution in [2.75, 3.05) is 13.6 Å². The molecule has 1 unspecified atom stereocenters. The third-order valence-electron chi connectivity index (χ3n) is 4.53. The van der Waals surface area contributed by atoms with Gasteiger partial charge in [0.1, 0.15) is 5.01 Å². The Kier molecular flexibility index (Phi) is 6.18. The molecule has 1 fully saturated rings. The van der Waals surface area contributed by atoms with E-state index >= 15 is 0 Å².